The van der Waals surface area contributed by atoms with Gasteiger partial charge in [0.15, 0.2) is 5.16 Å². The number of carboxylic acid groups (broad SMARTS) is 1. The number of thioether (sulfide) groups is 1. The number of imidazole rings is 1. The minimum absolute atomic E-state index is 0.0564. The predicted octanol–water partition coefficient (Wildman–Crippen LogP) is 3.30. The zero-order valence-corrected chi connectivity index (χ0v) is 15.9. The highest BCUT2D eigenvalue weighted by Gasteiger charge is 2.30. The van der Waals surface area contributed by atoms with Gasteiger partial charge in [0.25, 0.3) is 0 Å². The fraction of sp³-hybridized carbons (Fsp3) is 0.389. The van der Waals surface area contributed by atoms with Crippen LogP contribution in [-0.2, 0) is 9.59 Å². The smallest absolute Gasteiger partial charge is 0.306 e. The maximum absolute atomic E-state index is 12.2. The van der Waals surface area contributed by atoms with Crippen molar-refractivity contribution in [1.82, 2.24) is 14.9 Å². The van der Waals surface area contributed by atoms with Crippen molar-refractivity contribution in [2.75, 3.05) is 5.75 Å². The molecule has 3 rings (SSSR count). The van der Waals surface area contributed by atoms with Gasteiger partial charge in [0, 0.05) is 23.5 Å². The molecule has 0 unspecified atom stereocenters. The van der Waals surface area contributed by atoms with Crippen LogP contribution in [0.1, 0.15) is 24.8 Å². The highest BCUT2D eigenvalue weighted by Crippen LogP contribution is 2.28. The van der Waals surface area contributed by atoms with Gasteiger partial charge in [0.2, 0.25) is 5.91 Å². The van der Waals surface area contributed by atoms with Crippen LogP contribution in [0.4, 0.5) is 0 Å². The quantitative estimate of drug-likeness (QED) is 0.735. The summed E-state index contributed by atoms with van der Waals surface area (Å²) >= 11 is 7.54. The molecule has 1 aliphatic rings. The molecule has 1 aliphatic carbocycles. The Labute approximate surface area is 160 Å². The van der Waals surface area contributed by atoms with Crippen molar-refractivity contribution in [3.05, 3.63) is 41.2 Å². The molecule has 1 amide bonds. The van der Waals surface area contributed by atoms with E-state index in [1.807, 2.05) is 35.9 Å². The van der Waals surface area contributed by atoms with E-state index in [9.17, 15) is 9.59 Å². The Balaban J connectivity index is 1.59. The number of halogens is 1. The Morgan fingerprint density at radius 1 is 1.42 bits per heavy atom. The first-order chi connectivity index (χ1) is 12.5. The minimum atomic E-state index is -0.782. The average Bonchev–Trinajstić information content (AvgIpc) is 3.25. The third-order valence-electron chi connectivity index (χ3n) is 4.58. The third-order valence-corrected chi connectivity index (χ3v) is 5.96. The van der Waals surface area contributed by atoms with Crippen LogP contribution in [0.3, 0.4) is 0 Å². The Morgan fingerprint density at radius 2 is 2.23 bits per heavy atom. The van der Waals surface area contributed by atoms with Crippen molar-refractivity contribution < 1.29 is 14.7 Å². The molecule has 1 saturated carbocycles. The molecular formula is C18H20ClN3O3S. The molecule has 0 spiro atoms. The fourth-order valence-electron chi connectivity index (χ4n) is 3.17. The second-order valence-corrected chi connectivity index (χ2v) is 7.71. The Morgan fingerprint density at radius 3 is 2.96 bits per heavy atom. The van der Waals surface area contributed by atoms with E-state index >= 15 is 0 Å². The summed E-state index contributed by atoms with van der Waals surface area (Å²) in [7, 11) is 0. The molecule has 1 fully saturated rings. The number of carboxylic acids is 1. The van der Waals surface area contributed by atoms with Crippen LogP contribution in [-0.4, -0.2) is 38.3 Å². The number of aromatic nitrogens is 2. The van der Waals surface area contributed by atoms with Crippen molar-refractivity contribution >= 4 is 35.2 Å². The number of benzene rings is 1. The van der Waals surface area contributed by atoms with Crippen molar-refractivity contribution in [3.63, 3.8) is 0 Å². The van der Waals surface area contributed by atoms with E-state index in [2.05, 4.69) is 10.3 Å². The standard InChI is InChI=1S/C18H20ClN3O3S/c1-11-14(19)3-2-4-15(11)22-8-7-20-18(22)26-10-16(23)21-13-6-5-12(9-13)17(24)25/h2-4,7-8,12-13H,5-6,9-10H2,1H3,(H,21,23)(H,24,25)/t12-,13-/m0/s1. The fourth-order valence-corrected chi connectivity index (χ4v) is 4.12. The number of nitrogens with one attached hydrogen (secondary N) is 1. The van der Waals surface area contributed by atoms with E-state index in [0.29, 0.717) is 29.4 Å². The summed E-state index contributed by atoms with van der Waals surface area (Å²) in [5.74, 6) is -1.01. The van der Waals surface area contributed by atoms with Crippen LogP contribution in [0, 0.1) is 12.8 Å². The van der Waals surface area contributed by atoms with Gasteiger partial charge < -0.3 is 10.4 Å². The molecule has 0 aliphatic heterocycles. The number of hydrogen-bond acceptors (Lipinski definition) is 4. The molecule has 0 saturated heterocycles. The van der Waals surface area contributed by atoms with Crippen molar-refractivity contribution in [3.8, 4) is 5.69 Å². The third kappa shape index (κ3) is 4.22. The van der Waals surface area contributed by atoms with Crippen LogP contribution in [0.5, 0.6) is 0 Å². The molecule has 1 heterocycles. The first-order valence-electron chi connectivity index (χ1n) is 8.39. The van der Waals surface area contributed by atoms with Crippen molar-refractivity contribution in [2.24, 2.45) is 5.92 Å². The first kappa shape index (κ1) is 18.8. The molecule has 1 aromatic heterocycles. The lowest BCUT2D eigenvalue weighted by molar-refractivity contribution is -0.141. The maximum atomic E-state index is 12.2. The second kappa shape index (κ2) is 8.14. The molecule has 6 nitrogen and oxygen atoms in total. The van der Waals surface area contributed by atoms with Gasteiger partial charge in [-0.15, -0.1) is 0 Å². The van der Waals surface area contributed by atoms with Crippen LogP contribution in [0.2, 0.25) is 5.02 Å². The van der Waals surface area contributed by atoms with Gasteiger partial charge in [-0.25, -0.2) is 4.98 Å². The molecule has 2 aromatic rings. The molecule has 0 bridgehead atoms. The Kier molecular flexibility index (Phi) is 5.88. The predicted molar refractivity (Wildman–Crippen MR) is 101 cm³/mol. The summed E-state index contributed by atoms with van der Waals surface area (Å²) in [5.41, 5.74) is 1.88. The van der Waals surface area contributed by atoms with Gasteiger partial charge in [-0.3, -0.25) is 14.2 Å². The topological polar surface area (TPSA) is 84.2 Å². The normalized spacial score (nSPS) is 19.5. The number of carbonyl (C=O) groups is 2. The van der Waals surface area contributed by atoms with Gasteiger partial charge in [-0.2, -0.15) is 0 Å². The Bertz CT molecular complexity index is 824. The highest BCUT2D eigenvalue weighted by molar-refractivity contribution is 7.99. The number of amides is 1. The molecule has 2 atom stereocenters. The zero-order chi connectivity index (χ0) is 18.7. The summed E-state index contributed by atoms with van der Waals surface area (Å²) in [6.45, 7) is 1.94. The van der Waals surface area contributed by atoms with Crippen LogP contribution in [0.15, 0.2) is 35.7 Å². The minimum Gasteiger partial charge on any atom is -0.481 e. The maximum Gasteiger partial charge on any atom is 0.306 e. The van der Waals surface area contributed by atoms with Crippen LogP contribution in [0.25, 0.3) is 5.69 Å². The molecule has 2 N–H and O–H groups in total. The number of rotatable bonds is 6. The van der Waals surface area contributed by atoms with E-state index in [0.717, 1.165) is 11.3 Å². The van der Waals surface area contributed by atoms with Gasteiger partial charge >= 0.3 is 5.97 Å². The van der Waals surface area contributed by atoms with Crippen molar-refractivity contribution in [2.45, 2.75) is 37.4 Å². The van der Waals surface area contributed by atoms with E-state index < -0.39 is 5.97 Å². The van der Waals surface area contributed by atoms with Gasteiger partial charge in [-0.1, -0.05) is 29.4 Å². The SMILES string of the molecule is Cc1c(Cl)cccc1-n1ccnc1SCC(=O)N[C@H]1CC[C@H](C(=O)O)C1. The summed E-state index contributed by atoms with van der Waals surface area (Å²) in [4.78, 5) is 27.5. The summed E-state index contributed by atoms with van der Waals surface area (Å²) in [6, 6.07) is 5.62. The lowest BCUT2D eigenvalue weighted by atomic mass is 10.1. The lowest BCUT2D eigenvalue weighted by Crippen LogP contribution is -2.34. The lowest BCUT2D eigenvalue weighted by Gasteiger charge is -2.13. The summed E-state index contributed by atoms with van der Waals surface area (Å²) < 4.78 is 1.91. The first-order valence-corrected chi connectivity index (χ1v) is 9.76. The Hall–Kier alpha value is -1.99. The van der Waals surface area contributed by atoms with E-state index in [1.54, 1.807) is 6.20 Å². The highest BCUT2D eigenvalue weighted by atomic mass is 35.5. The van der Waals surface area contributed by atoms with E-state index in [-0.39, 0.29) is 23.6 Å². The monoisotopic (exact) mass is 393 g/mol. The molecule has 8 heteroatoms. The summed E-state index contributed by atoms with van der Waals surface area (Å²) in [5, 5.41) is 13.3. The largest absolute Gasteiger partial charge is 0.481 e. The second-order valence-electron chi connectivity index (χ2n) is 6.37. The van der Waals surface area contributed by atoms with Gasteiger partial charge in [0.1, 0.15) is 0 Å². The summed E-state index contributed by atoms with van der Waals surface area (Å²) in [6.07, 6.45) is 5.36. The molecule has 138 valence electrons. The van der Waals surface area contributed by atoms with Crippen molar-refractivity contribution in [1.29, 1.82) is 0 Å². The molecular weight excluding hydrogens is 374 g/mol. The van der Waals surface area contributed by atoms with Gasteiger partial charge in [-0.05, 0) is 43.9 Å². The molecule has 26 heavy (non-hydrogen) atoms. The van der Waals surface area contributed by atoms with E-state index in [1.165, 1.54) is 11.8 Å². The molecule has 0 radical (unpaired) electrons. The number of hydrogen-bond donors (Lipinski definition) is 2. The number of carbonyl (C=O) groups excluding carboxylic acids is 1. The number of aliphatic carboxylic acids is 1. The van der Waals surface area contributed by atoms with Crippen LogP contribution >= 0.6 is 23.4 Å². The van der Waals surface area contributed by atoms with Crippen LogP contribution < -0.4 is 5.32 Å². The molecule has 1 aromatic carbocycles. The zero-order valence-electron chi connectivity index (χ0n) is 14.3. The average molecular weight is 394 g/mol. The number of nitrogens with zero attached hydrogens (tertiary/aromatic N) is 2. The van der Waals surface area contributed by atoms with Gasteiger partial charge in [0.05, 0.1) is 17.4 Å². The van der Waals surface area contributed by atoms with E-state index in [4.69, 9.17) is 16.7 Å².